The molecule has 0 amide bonds. The lowest BCUT2D eigenvalue weighted by Gasteiger charge is -2.12. The van der Waals surface area contributed by atoms with Crippen molar-refractivity contribution < 1.29 is 9.13 Å². The van der Waals surface area contributed by atoms with E-state index in [4.69, 9.17) is 4.74 Å². The minimum atomic E-state index is -0.225. The minimum absolute atomic E-state index is 0.225. The molecule has 0 saturated carbocycles. The van der Waals surface area contributed by atoms with Gasteiger partial charge in [0, 0.05) is 36.9 Å². The highest BCUT2D eigenvalue weighted by atomic mass is 19.1. The van der Waals surface area contributed by atoms with Crippen molar-refractivity contribution in [2.24, 2.45) is 4.99 Å². The third-order valence-electron chi connectivity index (χ3n) is 3.94. The summed E-state index contributed by atoms with van der Waals surface area (Å²) in [4.78, 5) is 11.3. The SMILES string of the molecule is CN=C(NCCOc1cccnc1)NCCc1c[nH]c2ccc(F)cc12. The van der Waals surface area contributed by atoms with Gasteiger partial charge in [0.2, 0.25) is 0 Å². The van der Waals surface area contributed by atoms with Gasteiger partial charge in [-0.2, -0.15) is 0 Å². The van der Waals surface area contributed by atoms with Crippen LogP contribution in [0.3, 0.4) is 0 Å². The van der Waals surface area contributed by atoms with Gasteiger partial charge in [-0.25, -0.2) is 4.39 Å². The van der Waals surface area contributed by atoms with E-state index in [1.807, 2.05) is 18.3 Å². The standard InChI is InChI=1S/C19H22FN5O/c1-21-19(24-9-10-26-16-3-2-7-22-13-16)23-8-6-14-12-25-18-5-4-15(20)11-17(14)18/h2-5,7,11-13,25H,6,8-10H2,1H3,(H2,21,23,24). The molecule has 0 radical (unpaired) electrons. The van der Waals surface area contributed by atoms with E-state index in [0.717, 1.165) is 28.6 Å². The van der Waals surface area contributed by atoms with Gasteiger partial charge in [0.1, 0.15) is 18.2 Å². The Balaban J connectivity index is 1.42. The van der Waals surface area contributed by atoms with Crippen molar-refractivity contribution >= 4 is 16.9 Å². The van der Waals surface area contributed by atoms with E-state index in [1.54, 1.807) is 31.6 Å². The van der Waals surface area contributed by atoms with Gasteiger partial charge in [-0.05, 0) is 42.3 Å². The van der Waals surface area contributed by atoms with Crippen molar-refractivity contribution in [2.75, 3.05) is 26.7 Å². The molecule has 0 bridgehead atoms. The lowest BCUT2D eigenvalue weighted by Crippen LogP contribution is -2.40. The van der Waals surface area contributed by atoms with Crippen LogP contribution >= 0.6 is 0 Å². The van der Waals surface area contributed by atoms with Crippen molar-refractivity contribution in [1.29, 1.82) is 0 Å². The van der Waals surface area contributed by atoms with Crippen LogP contribution in [0.4, 0.5) is 4.39 Å². The molecule has 0 saturated heterocycles. The molecule has 0 aliphatic rings. The molecule has 136 valence electrons. The molecular formula is C19H22FN5O. The van der Waals surface area contributed by atoms with Crippen LogP contribution in [0, 0.1) is 5.82 Å². The van der Waals surface area contributed by atoms with Gasteiger partial charge in [0.15, 0.2) is 5.96 Å². The molecule has 2 heterocycles. The van der Waals surface area contributed by atoms with Crippen molar-refractivity contribution in [2.45, 2.75) is 6.42 Å². The fourth-order valence-electron chi connectivity index (χ4n) is 2.66. The number of aliphatic imine (C=N–C) groups is 1. The predicted molar refractivity (Wildman–Crippen MR) is 101 cm³/mol. The Bertz CT molecular complexity index is 863. The second-order valence-corrected chi connectivity index (χ2v) is 5.72. The molecule has 2 aromatic heterocycles. The van der Waals surface area contributed by atoms with Crippen LogP contribution in [-0.4, -0.2) is 42.7 Å². The van der Waals surface area contributed by atoms with Crippen LogP contribution in [-0.2, 0) is 6.42 Å². The molecule has 0 aliphatic carbocycles. The smallest absolute Gasteiger partial charge is 0.191 e. The third-order valence-corrected chi connectivity index (χ3v) is 3.94. The summed E-state index contributed by atoms with van der Waals surface area (Å²) >= 11 is 0. The first kappa shape index (κ1) is 17.7. The van der Waals surface area contributed by atoms with E-state index >= 15 is 0 Å². The first-order valence-electron chi connectivity index (χ1n) is 8.49. The molecule has 1 aromatic carbocycles. The van der Waals surface area contributed by atoms with Crippen molar-refractivity contribution in [3.05, 3.63) is 60.3 Å². The maximum absolute atomic E-state index is 13.4. The Morgan fingerprint density at radius 1 is 1.27 bits per heavy atom. The van der Waals surface area contributed by atoms with Gasteiger partial charge in [-0.3, -0.25) is 9.98 Å². The number of H-pyrrole nitrogens is 1. The lowest BCUT2D eigenvalue weighted by molar-refractivity contribution is 0.320. The van der Waals surface area contributed by atoms with Crippen LogP contribution in [0.5, 0.6) is 5.75 Å². The topological polar surface area (TPSA) is 74.3 Å². The number of hydrogen-bond acceptors (Lipinski definition) is 3. The van der Waals surface area contributed by atoms with E-state index in [2.05, 4.69) is 25.6 Å². The van der Waals surface area contributed by atoms with Crippen LogP contribution < -0.4 is 15.4 Å². The van der Waals surface area contributed by atoms with Gasteiger partial charge < -0.3 is 20.4 Å². The Kier molecular flexibility index (Phi) is 6.03. The Morgan fingerprint density at radius 2 is 2.15 bits per heavy atom. The number of rotatable bonds is 7. The molecular weight excluding hydrogens is 333 g/mol. The maximum atomic E-state index is 13.4. The number of hydrogen-bond donors (Lipinski definition) is 3. The lowest BCUT2D eigenvalue weighted by atomic mass is 10.1. The second kappa shape index (κ2) is 8.84. The summed E-state index contributed by atoms with van der Waals surface area (Å²) in [5.41, 5.74) is 2.01. The van der Waals surface area contributed by atoms with Crippen molar-refractivity contribution in [3.63, 3.8) is 0 Å². The number of nitrogens with one attached hydrogen (secondary N) is 3. The normalized spacial score (nSPS) is 11.5. The number of pyridine rings is 1. The summed E-state index contributed by atoms with van der Waals surface area (Å²) in [6, 6.07) is 8.47. The highest BCUT2D eigenvalue weighted by molar-refractivity contribution is 5.83. The molecule has 3 rings (SSSR count). The van der Waals surface area contributed by atoms with Crippen LogP contribution in [0.1, 0.15) is 5.56 Å². The number of guanidine groups is 1. The molecule has 6 nitrogen and oxygen atoms in total. The van der Waals surface area contributed by atoms with E-state index < -0.39 is 0 Å². The largest absolute Gasteiger partial charge is 0.490 e. The van der Waals surface area contributed by atoms with Gasteiger partial charge in [-0.1, -0.05) is 0 Å². The number of ether oxygens (including phenoxy) is 1. The summed E-state index contributed by atoms with van der Waals surface area (Å²) in [6.07, 6.45) is 6.07. The number of aromatic nitrogens is 2. The first-order valence-corrected chi connectivity index (χ1v) is 8.49. The maximum Gasteiger partial charge on any atom is 0.191 e. The number of halogens is 1. The Morgan fingerprint density at radius 3 is 2.96 bits per heavy atom. The quantitative estimate of drug-likeness (QED) is 0.346. The first-order chi connectivity index (χ1) is 12.8. The van der Waals surface area contributed by atoms with Crippen LogP contribution in [0.15, 0.2) is 53.9 Å². The fourth-order valence-corrected chi connectivity index (χ4v) is 2.66. The Labute approximate surface area is 151 Å². The van der Waals surface area contributed by atoms with Gasteiger partial charge in [0.05, 0.1) is 12.7 Å². The number of nitrogens with zero attached hydrogens (tertiary/aromatic N) is 2. The number of aromatic amines is 1. The van der Waals surface area contributed by atoms with Crippen molar-refractivity contribution in [3.8, 4) is 5.75 Å². The third kappa shape index (κ3) is 4.72. The molecule has 3 N–H and O–H groups in total. The molecule has 3 aromatic rings. The summed E-state index contributed by atoms with van der Waals surface area (Å²) < 4.78 is 19.0. The summed E-state index contributed by atoms with van der Waals surface area (Å²) in [7, 11) is 1.72. The van der Waals surface area contributed by atoms with E-state index in [0.29, 0.717) is 25.7 Å². The number of benzene rings is 1. The zero-order valence-electron chi connectivity index (χ0n) is 14.6. The minimum Gasteiger partial charge on any atom is -0.490 e. The molecule has 0 atom stereocenters. The molecule has 7 heteroatoms. The zero-order valence-corrected chi connectivity index (χ0v) is 14.6. The van der Waals surface area contributed by atoms with Crippen molar-refractivity contribution in [1.82, 2.24) is 20.6 Å². The van der Waals surface area contributed by atoms with E-state index in [-0.39, 0.29) is 5.82 Å². The van der Waals surface area contributed by atoms with Gasteiger partial charge >= 0.3 is 0 Å². The van der Waals surface area contributed by atoms with E-state index in [9.17, 15) is 4.39 Å². The second-order valence-electron chi connectivity index (χ2n) is 5.72. The summed E-state index contributed by atoms with van der Waals surface area (Å²) in [6.45, 7) is 1.81. The highest BCUT2D eigenvalue weighted by Crippen LogP contribution is 2.19. The monoisotopic (exact) mass is 355 g/mol. The van der Waals surface area contributed by atoms with Gasteiger partial charge in [0.25, 0.3) is 0 Å². The number of fused-ring (bicyclic) bond motifs is 1. The average Bonchev–Trinajstić information content (AvgIpc) is 3.06. The van der Waals surface area contributed by atoms with Crippen LogP contribution in [0.2, 0.25) is 0 Å². The molecule has 0 unspecified atom stereocenters. The van der Waals surface area contributed by atoms with Crippen LogP contribution in [0.25, 0.3) is 10.9 Å². The summed E-state index contributed by atoms with van der Waals surface area (Å²) in [5, 5.41) is 7.36. The highest BCUT2D eigenvalue weighted by Gasteiger charge is 2.05. The summed E-state index contributed by atoms with van der Waals surface area (Å²) in [5.74, 6) is 1.21. The zero-order chi connectivity index (χ0) is 18.2. The molecule has 0 fully saturated rings. The van der Waals surface area contributed by atoms with E-state index in [1.165, 1.54) is 6.07 Å². The molecule has 26 heavy (non-hydrogen) atoms. The fraction of sp³-hybridized carbons (Fsp3) is 0.263. The average molecular weight is 355 g/mol. The molecule has 0 spiro atoms. The Hall–Kier alpha value is -3.09. The van der Waals surface area contributed by atoms with Gasteiger partial charge in [-0.15, -0.1) is 0 Å². The predicted octanol–water partition coefficient (Wildman–Crippen LogP) is 2.49. The molecule has 0 aliphatic heterocycles.